The minimum atomic E-state index is -0.322. The Morgan fingerprint density at radius 1 is 1.04 bits per heavy atom. The van der Waals surface area contributed by atoms with Crippen molar-refractivity contribution < 1.29 is 14.3 Å². The molecule has 6 heteroatoms. The van der Waals surface area contributed by atoms with Gasteiger partial charge >= 0.3 is 0 Å². The Labute approximate surface area is 154 Å². The molecule has 0 radical (unpaired) electrons. The van der Waals surface area contributed by atoms with Gasteiger partial charge in [0.1, 0.15) is 11.5 Å². The molecule has 0 saturated heterocycles. The lowest BCUT2D eigenvalue weighted by atomic mass is 10.2. The Morgan fingerprint density at radius 3 is 2.23 bits per heavy atom. The number of ether oxygens (including phenoxy) is 2. The Morgan fingerprint density at radius 2 is 1.65 bits per heavy atom. The molecule has 138 valence electrons. The van der Waals surface area contributed by atoms with E-state index in [1.54, 1.807) is 37.6 Å². The van der Waals surface area contributed by atoms with Gasteiger partial charge in [-0.05, 0) is 55.8 Å². The number of rotatable bonds is 9. The van der Waals surface area contributed by atoms with Crippen LogP contribution >= 0.6 is 0 Å². The molecule has 0 aliphatic heterocycles. The first-order chi connectivity index (χ1) is 12.7. The third-order valence-corrected chi connectivity index (χ3v) is 3.85. The van der Waals surface area contributed by atoms with Crippen LogP contribution in [0.5, 0.6) is 11.5 Å². The molecular weight excluding hydrogens is 330 g/mol. The number of nitrogens with zero attached hydrogens (tertiary/aromatic N) is 2. The fourth-order valence-corrected chi connectivity index (χ4v) is 2.39. The van der Waals surface area contributed by atoms with E-state index >= 15 is 0 Å². The summed E-state index contributed by atoms with van der Waals surface area (Å²) in [7, 11) is 1.60. The Kier molecular flexibility index (Phi) is 7.49. The summed E-state index contributed by atoms with van der Waals surface area (Å²) in [6.45, 7) is 6.08. The molecule has 0 atom stereocenters. The largest absolute Gasteiger partial charge is 0.497 e. The number of nitrogens with one attached hydrogen (secondary N) is 1. The molecule has 0 fully saturated rings. The van der Waals surface area contributed by atoms with Gasteiger partial charge in [-0.25, -0.2) is 5.43 Å². The van der Waals surface area contributed by atoms with Gasteiger partial charge in [-0.1, -0.05) is 12.1 Å². The van der Waals surface area contributed by atoms with Gasteiger partial charge < -0.3 is 14.4 Å². The number of amides is 1. The fraction of sp³-hybridized carbons (Fsp3) is 0.300. The fourth-order valence-electron chi connectivity index (χ4n) is 2.39. The van der Waals surface area contributed by atoms with Crippen LogP contribution in [0.15, 0.2) is 53.6 Å². The van der Waals surface area contributed by atoms with Crippen LogP contribution in [0.1, 0.15) is 19.4 Å². The molecule has 0 aromatic heterocycles. The quantitative estimate of drug-likeness (QED) is 0.555. The number of hydrazone groups is 1. The maximum Gasteiger partial charge on any atom is 0.277 e. The Balaban J connectivity index is 1.78. The molecule has 0 unspecified atom stereocenters. The van der Waals surface area contributed by atoms with Crippen LogP contribution in [0.2, 0.25) is 0 Å². The van der Waals surface area contributed by atoms with E-state index in [4.69, 9.17) is 9.47 Å². The van der Waals surface area contributed by atoms with E-state index in [2.05, 4.69) is 29.3 Å². The van der Waals surface area contributed by atoms with Gasteiger partial charge in [-0.2, -0.15) is 5.10 Å². The number of carbonyl (C=O) groups is 1. The standard InChI is InChI=1S/C20H25N3O3/c1-4-23(5-2)17-8-6-16(7-9-17)14-21-22-20(24)15-26-19-12-10-18(25-3)11-13-19/h6-14H,4-5,15H2,1-3H3,(H,22,24)/b21-14+. The first-order valence-electron chi connectivity index (χ1n) is 8.60. The van der Waals surface area contributed by atoms with E-state index in [9.17, 15) is 4.79 Å². The van der Waals surface area contributed by atoms with Gasteiger partial charge in [0.15, 0.2) is 6.61 Å². The molecule has 0 aliphatic carbocycles. The summed E-state index contributed by atoms with van der Waals surface area (Å²) < 4.78 is 10.5. The normalized spacial score (nSPS) is 10.6. The van der Waals surface area contributed by atoms with Crippen molar-refractivity contribution in [1.29, 1.82) is 0 Å². The molecule has 1 amide bonds. The van der Waals surface area contributed by atoms with E-state index in [-0.39, 0.29) is 12.5 Å². The number of hydrogen-bond acceptors (Lipinski definition) is 5. The lowest BCUT2D eigenvalue weighted by Gasteiger charge is -2.20. The molecular formula is C20H25N3O3. The van der Waals surface area contributed by atoms with Gasteiger partial charge in [-0.3, -0.25) is 4.79 Å². The maximum absolute atomic E-state index is 11.8. The first kappa shape index (κ1) is 19.3. The molecule has 2 rings (SSSR count). The summed E-state index contributed by atoms with van der Waals surface area (Å²) in [4.78, 5) is 14.0. The van der Waals surface area contributed by atoms with Crippen molar-refractivity contribution in [3.8, 4) is 11.5 Å². The van der Waals surface area contributed by atoms with Gasteiger partial charge in [0.2, 0.25) is 0 Å². The first-order valence-corrected chi connectivity index (χ1v) is 8.60. The number of anilines is 1. The monoisotopic (exact) mass is 355 g/mol. The molecule has 0 bridgehead atoms. The van der Waals surface area contributed by atoms with Crippen molar-refractivity contribution in [3.05, 3.63) is 54.1 Å². The molecule has 26 heavy (non-hydrogen) atoms. The molecule has 0 spiro atoms. The third kappa shape index (κ3) is 5.81. The van der Waals surface area contributed by atoms with E-state index < -0.39 is 0 Å². The summed E-state index contributed by atoms with van der Waals surface area (Å²) in [6.07, 6.45) is 1.61. The van der Waals surface area contributed by atoms with Crippen LogP contribution in [-0.2, 0) is 4.79 Å². The van der Waals surface area contributed by atoms with Crippen molar-refractivity contribution in [1.82, 2.24) is 5.43 Å². The van der Waals surface area contributed by atoms with E-state index in [0.29, 0.717) is 5.75 Å². The summed E-state index contributed by atoms with van der Waals surface area (Å²) in [6, 6.07) is 15.1. The second-order valence-electron chi connectivity index (χ2n) is 5.52. The lowest BCUT2D eigenvalue weighted by molar-refractivity contribution is -0.123. The highest BCUT2D eigenvalue weighted by atomic mass is 16.5. The zero-order valence-corrected chi connectivity index (χ0v) is 15.4. The minimum absolute atomic E-state index is 0.107. The van der Waals surface area contributed by atoms with Crippen molar-refractivity contribution in [2.75, 3.05) is 31.7 Å². The summed E-state index contributed by atoms with van der Waals surface area (Å²) in [5, 5.41) is 3.96. The number of methoxy groups -OCH3 is 1. The van der Waals surface area contributed by atoms with Crippen LogP contribution in [0.25, 0.3) is 0 Å². The Bertz CT molecular complexity index is 708. The third-order valence-electron chi connectivity index (χ3n) is 3.85. The molecule has 6 nitrogen and oxygen atoms in total. The number of hydrogen-bond donors (Lipinski definition) is 1. The predicted octanol–water partition coefficient (Wildman–Crippen LogP) is 3.07. The van der Waals surface area contributed by atoms with Crippen LogP contribution in [0, 0.1) is 0 Å². The highest BCUT2D eigenvalue weighted by Gasteiger charge is 2.02. The molecule has 2 aromatic carbocycles. The summed E-state index contributed by atoms with van der Waals surface area (Å²) in [5.41, 5.74) is 4.54. The van der Waals surface area contributed by atoms with E-state index in [1.165, 1.54) is 5.69 Å². The van der Waals surface area contributed by atoms with Gasteiger partial charge in [-0.15, -0.1) is 0 Å². The molecule has 0 heterocycles. The van der Waals surface area contributed by atoms with E-state index in [1.807, 2.05) is 24.3 Å². The van der Waals surface area contributed by atoms with Gasteiger partial charge in [0.25, 0.3) is 5.91 Å². The van der Waals surface area contributed by atoms with Crippen LogP contribution in [0.3, 0.4) is 0 Å². The maximum atomic E-state index is 11.8. The predicted molar refractivity (Wildman–Crippen MR) is 104 cm³/mol. The smallest absolute Gasteiger partial charge is 0.277 e. The average molecular weight is 355 g/mol. The lowest BCUT2D eigenvalue weighted by Crippen LogP contribution is -2.24. The Hall–Kier alpha value is -3.02. The molecule has 1 N–H and O–H groups in total. The highest BCUT2D eigenvalue weighted by molar-refractivity contribution is 5.83. The number of benzene rings is 2. The average Bonchev–Trinajstić information content (AvgIpc) is 2.69. The SMILES string of the molecule is CCN(CC)c1ccc(/C=N/NC(=O)COc2ccc(OC)cc2)cc1. The van der Waals surface area contributed by atoms with E-state index in [0.717, 1.165) is 24.4 Å². The van der Waals surface area contributed by atoms with Crippen LogP contribution in [0.4, 0.5) is 5.69 Å². The summed E-state index contributed by atoms with van der Waals surface area (Å²) in [5.74, 6) is 1.01. The second-order valence-corrected chi connectivity index (χ2v) is 5.52. The number of carbonyl (C=O) groups excluding carboxylic acids is 1. The zero-order valence-electron chi connectivity index (χ0n) is 15.4. The van der Waals surface area contributed by atoms with Crippen LogP contribution in [-0.4, -0.2) is 38.9 Å². The topological polar surface area (TPSA) is 63.2 Å². The van der Waals surface area contributed by atoms with Crippen LogP contribution < -0.4 is 19.8 Å². The van der Waals surface area contributed by atoms with Crippen molar-refractivity contribution in [2.24, 2.45) is 5.10 Å². The molecule has 2 aromatic rings. The zero-order chi connectivity index (χ0) is 18.8. The van der Waals surface area contributed by atoms with Gasteiger partial charge in [0.05, 0.1) is 13.3 Å². The van der Waals surface area contributed by atoms with Gasteiger partial charge in [0, 0.05) is 18.8 Å². The molecule has 0 aliphatic rings. The minimum Gasteiger partial charge on any atom is -0.497 e. The summed E-state index contributed by atoms with van der Waals surface area (Å²) >= 11 is 0. The molecule has 0 saturated carbocycles. The highest BCUT2D eigenvalue weighted by Crippen LogP contribution is 2.16. The van der Waals surface area contributed by atoms with Crippen molar-refractivity contribution in [3.63, 3.8) is 0 Å². The van der Waals surface area contributed by atoms with Crippen molar-refractivity contribution in [2.45, 2.75) is 13.8 Å². The van der Waals surface area contributed by atoms with Crippen molar-refractivity contribution >= 4 is 17.8 Å². The second kappa shape index (κ2) is 10.1.